The molecule has 5 nitrogen and oxygen atoms in total. The molecule has 0 fully saturated rings. The minimum atomic E-state index is -0.574. The normalized spacial score (nSPS) is 13.1. The van der Waals surface area contributed by atoms with Crippen LogP contribution in [0, 0.1) is 11.3 Å². The molecule has 25 heavy (non-hydrogen) atoms. The molecule has 0 unspecified atom stereocenters. The summed E-state index contributed by atoms with van der Waals surface area (Å²) in [6.07, 6.45) is 1.36. The Morgan fingerprint density at radius 2 is 1.80 bits per heavy atom. The third-order valence-corrected chi connectivity index (χ3v) is 4.11. The molecule has 1 amide bonds. The summed E-state index contributed by atoms with van der Waals surface area (Å²) in [5.41, 5.74) is 0.783. The molecule has 3 rings (SSSR count). The number of nitrogens with one attached hydrogen (secondary N) is 1. The summed E-state index contributed by atoms with van der Waals surface area (Å²) < 4.78 is 10.9. The van der Waals surface area contributed by atoms with E-state index in [2.05, 4.69) is 5.32 Å². The van der Waals surface area contributed by atoms with Gasteiger partial charge in [0.1, 0.15) is 24.9 Å². The van der Waals surface area contributed by atoms with E-state index in [0.717, 1.165) is 0 Å². The lowest BCUT2D eigenvalue weighted by molar-refractivity contribution is -0.112. The van der Waals surface area contributed by atoms with Gasteiger partial charge in [-0.3, -0.25) is 4.79 Å². The first-order chi connectivity index (χ1) is 12.1. The van der Waals surface area contributed by atoms with Gasteiger partial charge in [0, 0.05) is 27.4 Å². The summed E-state index contributed by atoms with van der Waals surface area (Å²) in [7, 11) is 0. The molecule has 1 aliphatic rings. The van der Waals surface area contributed by atoms with E-state index in [-0.39, 0.29) is 5.57 Å². The number of carbonyl (C=O) groups is 1. The van der Waals surface area contributed by atoms with Gasteiger partial charge in [0.2, 0.25) is 0 Å². The van der Waals surface area contributed by atoms with Crippen LogP contribution in [0.4, 0.5) is 5.69 Å². The SMILES string of the molecule is N#CC(=Cc1c(Cl)cccc1Cl)C(=O)Nc1ccc2c(c1)OCCO2. The van der Waals surface area contributed by atoms with Crippen LogP contribution in [-0.2, 0) is 4.79 Å². The van der Waals surface area contributed by atoms with E-state index in [1.807, 2.05) is 6.07 Å². The highest BCUT2D eigenvalue weighted by Gasteiger charge is 2.15. The molecular formula is C18H12Cl2N2O3. The average molecular weight is 375 g/mol. The number of nitrogens with zero attached hydrogens (tertiary/aromatic N) is 1. The van der Waals surface area contributed by atoms with E-state index in [9.17, 15) is 10.1 Å². The number of fused-ring (bicyclic) bond motifs is 1. The first-order valence-corrected chi connectivity index (χ1v) is 8.11. The molecule has 0 aliphatic carbocycles. The summed E-state index contributed by atoms with van der Waals surface area (Å²) in [4.78, 5) is 12.4. The van der Waals surface area contributed by atoms with Gasteiger partial charge in [-0.25, -0.2) is 0 Å². The highest BCUT2D eigenvalue weighted by atomic mass is 35.5. The maximum atomic E-state index is 12.4. The molecule has 7 heteroatoms. The van der Waals surface area contributed by atoms with Crippen molar-refractivity contribution in [2.45, 2.75) is 0 Å². The van der Waals surface area contributed by atoms with Crippen LogP contribution in [0.25, 0.3) is 6.08 Å². The quantitative estimate of drug-likeness (QED) is 0.641. The van der Waals surface area contributed by atoms with E-state index < -0.39 is 5.91 Å². The predicted octanol–water partition coefficient (Wildman–Crippen LogP) is 4.31. The van der Waals surface area contributed by atoms with Crippen LogP contribution in [0.3, 0.4) is 0 Å². The standard InChI is InChI=1S/C18H12Cl2N2O3/c19-14-2-1-3-15(20)13(14)8-11(10-21)18(23)22-12-4-5-16-17(9-12)25-7-6-24-16/h1-5,8-9H,6-7H2,(H,22,23). The van der Waals surface area contributed by atoms with E-state index >= 15 is 0 Å². The molecule has 2 aromatic rings. The van der Waals surface area contributed by atoms with Gasteiger partial charge in [0.25, 0.3) is 5.91 Å². The Hall–Kier alpha value is -2.68. The number of anilines is 1. The first-order valence-electron chi connectivity index (χ1n) is 7.35. The van der Waals surface area contributed by atoms with Crippen LogP contribution < -0.4 is 14.8 Å². The minimum absolute atomic E-state index is 0.120. The summed E-state index contributed by atoms with van der Waals surface area (Å²) in [6, 6.07) is 11.8. The van der Waals surface area contributed by atoms with Gasteiger partial charge in [-0.15, -0.1) is 0 Å². The highest BCUT2D eigenvalue weighted by Crippen LogP contribution is 2.33. The van der Waals surface area contributed by atoms with E-state index in [1.165, 1.54) is 6.08 Å². The number of halogens is 2. The van der Waals surface area contributed by atoms with Crippen molar-refractivity contribution >= 4 is 40.9 Å². The zero-order valence-electron chi connectivity index (χ0n) is 12.9. The molecule has 0 radical (unpaired) electrons. The zero-order valence-corrected chi connectivity index (χ0v) is 14.4. The van der Waals surface area contributed by atoms with Gasteiger partial charge >= 0.3 is 0 Å². The number of carbonyl (C=O) groups excluding carboxylic acids is 1. The fraction of sp³-hybridized carbons (Fsp3) is 0.111. The Morgan fingerprint density at radius 1 is 1.12 bits per heavy atom. The van der Waals surface area contributed by atoms with Crippen molar-refractivity contribution in [2.24, 2.45) is 0 Å². The van der Waals surface area contributed by atoms with Crippen LogP contribution in [0.1, 0.15) is 5.56 Å². The fourth-order valence-corrected chi connectivity index (χ4v) is 2.77. The van der Waals surface area contributed by atoms with Crippen LogP contribution in [0.5, 0.6) is 11.5 Å². The van der Waals surface area contributed by atoms with Crippen LogP contribution in [0.2, 0.25) is 10.0 Å². The van der Waals surface area contributed by atoms with Crippen molar-refractivity contribution in [3.63, 3.8) is 0 Å². The second-order valence-corrected chi connectivity index (χ2v) is 5.93. The minimum Gasteiger partial charge on any atom is -0.486 e. The van der Waals surface area contributed by atoms with E-state index in [0.29, 0.717) is 46.0 Å². The molecule has 0 saturated heterocycles. The number of amides is 1. The highest BCUT2D eigenvalue weighted by molar-refractivity contribution is 6.37. The second kappa shape index (κ2) is 7.47. The number of rotatable bonds is 3. The number of benzene rings is 2. The van der Waals surface area contributed by atoms with E-state index in [4.69, 9.17) is 32.7 Å². The molecule has 0 bridgehead atoms. The number of hydrogen-bond acceptors (Lipinski definition) is 4. The van der Waals surface area contributed by atoms with Crippen molar-refractivity contribution in [1.82, 2.24) is 0 Å². The lowest BCUT2D eigenvalue weighted by atomic mass is 10.1. The molecule has 0 saturated carbocycles. The largest absolute Gasteiger partial charge is 0.486 e. The van der Waals surface area contributed by atoms with Gasteiger partial charge in [-0.05, 0) is 30.3 Å². The smallest absolute Gasteiger partial charge is 0.266 e. The molecule has 0 atom stereocenters. The lowest BCUT2D eigenvalue weighted by Crippen LogP contribution is -2.17. The van der Waals surface area contributed by atoms with Crippen LogP contribution in [0.15, 0.2) is 42.0 Å². The number of nitriles is 1. The third-order valence-electron chi connectivity index (χ3n) is 3.45. The molecule has 1 heterocycles. The monoisotopic (exact) mass is 374 g/mol. The third kappa shape index (κ3) is 3.87. The van der Waals surface area contributed by atoms with Crippen molar-refractivity contribution in [1.29, 1.82) is 5.26 Å². The Kier molecular flexibility index (Phi) is 5.13. The summed E-state index contributed by atoms with van der Waals surface area (Å²) in [5, 5.41) is 12.7. The molecule has 126 valence electrons. The molecule has 1 N–H and O–H groups in total. The van der Waals surface area contributed by atoms with Gasteiger partial charge in [-0.2, -0.15) is 5.26 Å². The van der Waals surface area contributed by atoms with Gasteiger partial charge in [0.15, 0.2) is 11.5 Å². The number of hydrogen-bond donors (Lipinski definition) is 1. The van der Waals surface area contributed by atoms with Gasteiger partial charge in [-0.1, -0.05) is 29.3 Å². The molecule has 0 spiro atoms. The van der Waals surface area contributed by atoms with Gasteiger partial charge < -0.3 is 14.8 Å². The Balaban J connectivity index is 1.84. The fourth-order valence-electron chi connectivity index (χ4n) is 2.26. The summed E-state index contributed by atoms with van der Waals surface area (Å²) >= 11 is 12.1. The lowest BCUT2D eigenvalue weighted by Gasteiger charge is -2.18. The predicted molar refractivity (Wildman–Crippen MR) is 96.1 cm³/mol. The Bertz CT molecular complexity index is 883. The van der Waals surface area contributed by atoms with Gasteiger partial charge in [0.05, 0.1) is 0 Å². The molecule has 2 aromatic carbocycles. The second-order valence-electron chi connectivity index (χ2n) is 5.12. The van der Waals surface area contributed by atoms with Crippen molar-refractivity contribution in [2.75, 3.05) is 18.5 Å². The number of ether oxygens (including phenoxy) is 2. The van der Waals surface area contributed by atoms with E-state index in [1.54, 1.807) is 36.4 Å². The maximum Gasteiger partial charge on any atom is 0.266 e. The van der Waals surface area contributed by atoms with Crippen molar-refractivity contribution in [3.8, 4) is 17.6 Å². The van der Waals surface area contributed by atoms with Crippen LogP contribution in [-0.4, -0.2) is 19.1 Å². The van der Waals surface area contributed by atoms with Crippen molar-refractivity contribution in [3.05, 3.63) is 57.6 Å². The molecular weight excluding hydrogens is 363 g/mol. The topological polar surface area (TPSA) is 71.4 Å². The Morgan fingerprint density at radius 3 is 2.48 bits per heavy atom. The molecule has 0 aromatic heterocycles. The zero-order chi connectivity index (χ0) is 17.8. The molecule has 1 aliphatic heterocycles. The summed E-state index contributed by atoms with van der Waals surface area (Å²) in [5.74, 6) is 0.582. The average Bonchev–Trinajstić information content (AvgIpc) is 2.61. The summed E-state index contributed by atoms with van der Waals surface area (Å²) in [6.45, 7) is 0.928. The Labute approximate surface area is 154 Å². The van der Waals surface area contributed by atoms with Crippen LogP contribution >= 0.6 is 23.2 Å². The first kappa shape index (κ1) is 17.2. The van der Waals surface area contributed by atoms with Crippen molar-refractivity contribution < 1.29 is 14.3 Å². The maximum absolute atomic E-state index is 12.4.